The van der Waals surface area contributed by atoms with E-state index in [1.165, 1.54) is 6.33 Å². The molecule has 140 valence electrons. The van der Waals surface area contributed by atoms with Gasteiger partial charge in [-0.15, -0.1) is 5.10 Å². The maximum atomic E-state index is 12.1. The van der Waals surface area contributed by atoms with E-state index in [9.17, 15) is 4.79 Å². The average molecular weight is 365 g/mol. The lowest BCUT2D eigenvalue weighted by Crippen LogP contribution is -2.26. The molecule has 0 aliphatic carbocycles. The number of carbonyl (C=O) groups excluding carboxylic acids is 1. The van der Waals surface area contributed by atoms with E-state index in [4.69, 9.17) is 4.74 Å². The standard InChI is InChI=1S/C20H23N5O2/c1-16(18-6-3-2-4-7-18)27-13-5-12-21-20(26)14-17-8-10-19(11-9-17)25-15-22-23-24-25/h2-4,6-11,15-16H,5,12-14H2,1H3,(H,21,26). The highest BCUT2D eigenvalue weighted by atomic mass is 16.5. The molecule has 1 amide bonds. The zero-order chi connectivity index (χ0) is 18.9. The van der Waals surface area contributed by atoms with Crippen LogP contribution in [0.3, 0.4) is 0 Å². The molecule has 0 radical (unpaired) electrons. The normalized spacial score (nSPS) is 11.9. The van der Waals surface area contributed by atoms with Crippen molar-refractivity contribution in [3.63, 3.8) is 0 Å². The summed E-state index contributed by atoms with van der Waals surface area (Å²) in [5.74, 6) is 0.00119. The fourth-order valence-electron chi connectivity index (χ4n) is 2.67. The topological polar surface area (TPSA) is 81.9 Å². The van der Waals surface area contributed by atoms with Gasteiger partial charge in [-0.25, -0.2) is 4.68 Å². The van der Waals surface area contributed by atoms with Crippen molar-refractivity contribution in [2.75, 3.05) is 13.2 Å². The van der Waals surface area contributed by atoms with Crippen molar-refractivity contribution in [2.45, 2.75) is 25.9 Å². The molecular formula is C20H23N5O2. The Kier molecular flexibility index (Phi) is 6.65. The van der Waals surface area contributed by atoms with Gasteiger partial charge in [-0.05, 0) is 47.0 Å². The molecule has 0 aliphatic heterocycles. The van der Waals surface area contributed by atoms with Gasteiger partial charge in [-0.3, -0.25) is 4.79 Å². The lowest BCUT2D eigenvalue weighted by Gasteiger charge is -2.13. The fraction of sp³-hybridized carbons (Fsp3) is 0.300. The SMILES string of the molecule is CC(OCCCNC(=O)Cc1ccc(-n2cnnn2)cc1)c1ccccc1. The largest absolute Gasteiger partial charge is 0.374 e. The van der Waals surface area contributed by atoms with Crippen molar-refractivity contribution in [2.24, 2.45) is 0 Å². The molecule has 2 aromatic carbocycles. The molecule has 0 saturated heterocycles. The van der Waals surface area contributed by atoms with Crippen LogP contribution in [0.5, 0.6) is 0 Å². The van der Waals surface area contributed by atoms with E-state index in [-0.39, 0.29) is 12.0 Å². The van der Waals surface area contributed by atoms with Gasteiger partial charge < -0.3 is 10.1 Å². The molecule has 0 bridgehead atoms. The van der Waals surface area contributed by atoms with Crippen LogP contribution in [-0.2, 0) is 16.0 Å². The summed E-state index contributed by atoms with van der Waals surface area (Å²) >= 11 is 0. The van der Waals surface area contributed by atoms with Crippen molar-refractivity contribution < 1.29 is 9.53 Å². The summed E-state index contributed by atoms with van der Waals surface area (Å²) in [5.41, 5.74) is 2.96. The number of nitrogens with one attached hydrogen (secondary N) is 1. The van der Waals surface area contributed by atoms with E-state index in [2.05, 4.69) is 33.0 Å². The number of amides is 1. The van der Waals surface area contributed by atoms with Crippen LogP contribution in [0.25, 0.3) is 5.69 Å². The number of ether oxygens (including phenoxy) is 1. The highest BCUT2D eigenvalue weighted by Crippen LogP contribution is 2.15. The molecule has 1 heterocycles. The Balaban J connectivity index is 1.34. The van der Waals surface area contributed by atoms with Crippen molar-refractivity contribution in [3.05, 3.63) is 72.1 Å². The summed E-state index contributed by atoms with van der Waals surface area (Å²) in [5, 5.41) is 14.0. The van der Waals surface area contributed by atoms with Crippen LogP contribution in [0.4, 0.5) is 0 Å². The van der Waals surface area contributed by atoms with E-state index >= 15 is 0 Å². The van der Waals surface area contributed by atoms with Crippen molar-refractivity contribution >= 4 is 5.91 Å². The summed E-state index contributed by atoms with van der Waals surface area (Å²) in [6, 6.07) is 17.7. The molecule has 7 heteroatoms. The molecule has 0 aliphatic rings. The predicted molar refractivity (Wildman–Crippen MR) is 101 cm³/mol. The number of hydrogen-bond donors (Lipinski definition) is 1. The Labute approximate surface area is 158 Å². The van der Waals surface area contributed by atoms with Gasteiger partial charge in [0.25, 0.3) is 0 Å². The van der Waals surface area contributed by atoms with E-state index in [1.807, 2.05) is 49.4 Å². The van der Waals surface area contributed by atoms with Crippen LogP contribution in [0.2, 0.25) is 0 Å². The molecule has 3 rings (SSSR count). The van der Waals surface area contributed by atoms with Crippen LogP contribution in [0.15, 0.2) is 60.9 Å². The zero-order valence-corrected chi connectivity index (χ0v) is 15.3. The van der Waals surface area contributed by atoms with E-state index in [0.29, 0.717) is 19.6 Å². The van der Waals surface area contributed by atoms with Gasteiger partial charge in [-0.1, -0.05) is 42.5 Å². The molecule has 1 N–H and O–H groups in total. The molecule has 0 fully saturated rings. The highest BCUT2D eigenvalue weighted by Gasteiger charge is 2.06. The minimum absolute atomic E-state index is 0.00119. The minimum atomic E-state index is 0.00119. The lowest BCUT2D eigenvalue weighted by atomic mass is 10.1. The number of tetrazole rings is 1. The highest BCUT2D eigenvalue weighted by molar-refractivity contribution is 5.78. The van der Waals surface area contributed by atoms with E-state index < -0.39 is 0 Å². The van der Waals surface area contributed by atoms with E-state index in [0.717, 1.165) is 23.2 Å². The Morgan fingerprint density at radius 1 is 1.15 bits per heavy atom. The third-order valence-corrected chi connectivity index (χ3v) is 4.19. The number of aromatic nitrogens is 4. The molecule has 0 spiro atoms. The Morgan fingerprint density at radius 2 is 1.93 bits per heavy atom. The second-order valence-corrected chi connectivity index (χ2v) is 6.22. The van der Waals surface area contributed by atoms with Gasteiger partial charge in [0.1, 0.15) is 6.33 Å². The average Bonchev–Trinajstić information content (AvgIpc) is 3.23. The van der Waals surface area contributed by atoms with Gasteiger partial charge in [-0.2, -0.15) is 0 Å². The van der Waals surface area contributed by atoms with Gasteiger partial charge in [0.05, 0.1) is 18.2 Å². The second kappa shape index (κ2) is 9.59. The minimum Gasteiger partial charge on any atom is -0.374 e. The maximum Gasteiger partial charge on any atom is 0.224 e. The Morgan fingerprint density at radius 3 is 2.63 bits per heavy atom. The summed E-state index contributed by atoms with van der Waals surface area (Å²) in [4.78, 5) is 12.1. The Hall–Kier alpha value is -3.06. The van der Waals surface area contributed by atoms with Crippen molar-refractivity contribution in [1.82, 2.24) is 25.5 Å². The molecule has 7 nitrogen and oxygen atoms in total. The fourth-order valence-corrected chi connectivity index (χ4v) is 2.67. The monoisotopic (exact) mass is 365 g/mol. The first-order chi connectivity index (χ1) is 13.2. The smallest absolute Gasteiger partial charge is 0.224 e. The Bertz CT molecular complexity index is 819. The number of nitrogens with zero attached hydrogens (tertiary/aromatic N) is 4. The molecule has 0 saturated carbocycles. The number of carbonyl (C=O) groups is 1. The van der Waals surface area contributed by atoms with Crippen LogP contribution in [0.1, 0.15) is 30.6 Å². The molecule has 27 heavy (non-hydrogen) atoms. The van der Waals surface area contributed by atoms with Gasteiger partial charge in [0, 0.05) is 13.2 Å². The summed E-state index contributed by atoms with van der Waals surface area (Å²) in [7, 11) is 0. The zero-order valence-electron chi connectivity index (χ0n) is 15.3. The second-order valence-electron chi connectivity index (χ2n) is 6.22. The third kappa shape index (κ3) is 5.72. The molecule has 3 aromatic rings. The van der Waals surface area contributed by atoms with Crippen LogP contribution in [-0.4, -0.2) is 39.3 Å². The molecule has 1 unspecified atom stereocenters. The van der Waals surface area contributed by atoms with Crippen LogP contribution in [0, 0.1) is 0 Å². The number of rotatable bonds is 9. The molecule has 1 aromatic heterocycles. The van der Waals surface area contributed by atoms with Crippen molar-refractivity contribution in [1.29, 1.82) is 0 Å². The quantitative estimate of drug-likeness (QED) is 0.589. The summed E-state index contributed by atoms with van der Waals surface area (Å²) in [6.45, 7) is 3.24. The molecule has 1 atom stereocenters. The predicted octanol–water partition coefficient (Wildman–Crippen LogP) is 2.49. The van der Waals surface area contributed by atoms with Gasteiger partial charge in [0.2, 0.25) is 5.91 Å². The maximum absolute atomic E-state index is 12.1. The summed E-state index contributed by atoms with van der Waals surface area (Å²) in [6.07, 6.45) is 2.71. The molecular weight excluding hydrogens is 342 g/mol. The van der Waals surface area contributed by atoms with Crippen molar-refractivity contribution in [3.8, 4) is 5.69 Å². The first-order valence-electron chi connectivity index (χ1n) is 8.98. The van der Waals surface area contributed by atoms with E-state index in [1.54, 1.807) is 4.68 Å². The number of benzene rings is 2. The van der Waals surface area contributed by atoms with Crippen LogP contribution >= 0.6 is 0 Å². The third-order valence-electron chi connectivity index (χ3n) is 4.19. The summed E-state index contributed by atoms with van der Waals surface area (Å²) < 4.78 is 7.38. The first kappa shape index (κ1) is 18.7. The van der Waals surface area contributed by atoms with Gasteiger partial charge in [0.15, 0.2) is 0 Å². The number of hydrogen-bond acceptors (Lipinski definition) is 5. The first-order valence-corrected chi connectivity index (χ1v) is 8.98. The van der Waals surface area contributed by atoms with Crippen LogP contribution < -0.4 is 5.32 Å². The lowest BCUT2D eigenvalue weighted by molar-refractivity contribution is -0.120. The van der Waals surface area contributed by atoms with Gasteiger partial charge >= 0.3 is 0 Å².